The van der Waals surface area contributed by atoms with E-state index in [1.807, 2.05) is 12.1 Å². The Balaban J connectivity index is 1.80. The number of thiophene rings is 1. The van der Waals surface area contributed by atoms with Crippen LogP contribution in [0.3, 0.4) is 0 Å². The summed E-state index contributed by atoms with van der Waals surface area (Å²) in [6.07, 6.45) is 3.89. The number of carbonyl (C=O) groups is 1. The highest BCUT2D eigenvalue weighted by atomic mass is 35.5. The summed E-state index contributed by atoms with van der Waals surface area (Å²) in [4.78, 5) is 13.0. The van der Waals surface area contributed by atoms with Crippen molar-refractivity contribution in [3.63, 3.8) is 0 Å². The van der Waals surface area contributed by atoms with E-state index < -0.39 is 0 Å². The number of amides is 1. The molecular formula is C12H17ClN2OS. The zero-order valence-electron chi connectivity index (χ0n) is 9.62. The summed E-state index contributed by atoms with van der Waals surface area (Å²) in [5.41, 5.74) is 5.88. The van der Waals surface area contributed by atoms with E-state index in [0.717, 1.165) is 34.9 Å². The van der Waals surface area contributed by atoms with Gasteiger partial charge < -0.3 is 11.1 Å². The Labute approximate surface area is 110 Å². The summed E-state index contributed by atoms with van der Waals surface area (Å²) in [5, 5.41) is 2.96. The normalized spacial score (nSPS) is 24.6. The second-order valence-corrected chi connectivity index (χ2v) is 6.35. The number of hydrogen-bond donors (Lipinski definition) is 2. The summed E-state index contributed by atoms with van der Waals surface area (Å²) in [7, 11) is 0. The van der Waals surface area contributed by atoms with Crippen LogP contribution in [0.25, 0.3) is 0 Å². The molecule has 1 aromatic heterocycles. The van der Waals surface area contributed by atoms with Crippen LogP contribution < -0.4 is 11.1 Å². The van der Waals surface area contributed by atoms with Crippen molar-refractivity contribution in [2.45, 2.75) is 38.3 Å². The first-order valence-corrected chi connectivity index (χ1v) is 7.12. The molecule has 1 fully saturated rings. The summed E-state index contributed by atoms with van der Waals surface area (Å²) in [5.74, 6) is 0.221. The summed E-state index contributed by atoms with van der Waals surface area (Å²) >= 11 is 7.34. The van der Waals surface area contributed by atoms with Gasteiger partial charge in [0.25, 0.3) is 0 Å². The number of halogens is 1. The lowest BCUT2D eigenvalue weighted by molar-refractivity contribution is -0.126. The van der Waals surface area contributed by atoms with Gasteiger partial charge in [-0.15, -0.1) is 11.3 Å². The van der Waals surface area contributed by atoms with Gasteiger partial charge in [-0.05, 0) is 31.4 Å². The Bertz CT molecular complexity index is 394. The molecule has 0 saturated heterocycles. The van der Waals surface area contributed by atoms with Crippen molar-refractivity contribution in [3.8, 4) is 0 Å². The molecule has 0 aromatic carbocycles. The first-order valence-electron chi connectivity index (χ1n) is 5.92. The second-order valence-electron chi connectivity index (χ2n) is 4.55. The molecule has 3 N–H and O–H groups in total. The zero-order chi connectivity index (χ0) is 12.3. The van der Waals surface area contributed by atoms with Crippen LogP contribution in [-0.4, -0.2) is 11.9 Å². The zero-order valence-corrected chi connectivity index (χ0v) is 11.2. The van der Waals surface area contributed by atoms with E-state index in [2.05, 4.69) is 5.32 Å². The molecule has 3 nitrogen and oxygen atoms in total. The van der Waals surface area contributed by atoms with E-state index in [0.29, 0.717) is 6.54 Å². The maximum atomic E-state index is 11.9. The van der Waals surface area contributed by atoms with E-state index in [9.17, 15) is 4.79 Å². The van der Waals surface area contributed by atoms with Crippen LogP contribution in [0.15, 0.2) is 12.1 Å². The number of nitrogens with two attached hydrogens (primary N) is 1. The van der Waals surface area contributed by atoms with Gasteiger partial charge in [0.05, 0.1) is 10.9 Å². The molecule has 1 heterocycles. The average molecular weight is 273 g/mol. The molecule has 2 rings (SSSR count). The third-order valence-electron chi connectivity index (χ3n) is 3.15. The van der Waals surface area contributed by atoms with Gasteiger partial charge >= 0.3 is 0 Å². The largest absolute Gasteiger partial charge is 0.351 e. The highest BCUT2D eigenvalue weighted by molar-refractivity contribution is 7.16. The van der Waals surface area contributed by atoms with E-state index in [4.69, 9.17) is 17.3 Å². The first kappa shape index (κ1) is 12.9. The maximum Gasteiger partial charge on any atom is 0.223 e. The van der Waals surface area contributed by atoms with Crippen molar-refractivity contribution in [2.75, 3.05) is 0 Å². The van der Waals surface area contributed by atoms with E-state index >= 15 is 0 Å². The number of carbonyl (C=O) groups excluding carboxylic acids is 1. The monoisotopic (exact) mass is 272 g/mol. The lowest BCUT2D eigenvalue weighted by Crippen LogP contribution is -2.37. The fraction of sp³-hybridized carbons (Fsp3) is 0.583. The van der Waals surface area contributed by atoms with Gasteiger partial charge in [0.2, 0.25) is 5.91 Å². The molecule has 1 aliphatic carbocycles. The van der Waals surface area contributed by atoms with E-state index in [1.165, 1.54) is 11.3 Å². The SMILES string of the molecule is NC1CCCC(C(=O)NCc2ccc(Cl)s2)C1. The summed E-state index contributed by atoms with van der Waals surface area (Å²) in [6, 6.07) is 3.99. The number of nitrogens with one attached hydrogen (secondary N) is 1. The van der Waals surface area contributed by atoms with Gasteiger partial charge in [0.15, 0.2) is 0 Å². The van der Waals surface area contributed by atoms with Crippen molar-refractivity contribution in [1.29, 1.82) is 0 Å². The molecule has 1 saturated carbocycles. The topological polar surface area (TPSA) is 55.1 Å². The van der Waals surface area contributed by atoms with Gasteiger partial charge in [-0.3, -0.25) is 4.79 Å². The Morgan fingerprint density at radius 3 is 3.00 bits per heavy atom. The molecular weight excluding hydrogens is 256 g/mol. The average Bonchev–Trinajstić information content (AvgIpc) is 2.72. The Hall–Kier alpha value is -0.580. The van der Waals surface area contributed by atoms with Crippen LogP contribution >= 0.6 is 22.9 Å². The molecule has 5 heteroatoms. The Kier molecular flexibility index (Phi) is 4.42. The molecule has 2 atom stereocenters. The molecule has 94 valence electrons. The Morgan fingerprint density at radius 1 is 1.53 bits per heavy atom. The van der Waals surface area contributed by atoms with Gasteiger partial charge in [-0.2, -0.15) is 0 Å². The second kappa shape index (κ2) is 5.85. The highest BCUT2D eigenvalue weighted by Crippen LogP contribution is 2.24. The standard InChI is InChI=1S/C12H17ClN2OS/c13-11-5-4-10(17-11)7-15-12(16)8-2-1-3-9(14)6-8/h4-5,8-9H,1-3,6-7,14H2,(H,15,16). The maximum absolute atomic E-state index is 11.9. The molecule has 1 aliphatic rings. The van der Waals surface area contributed by atoms with E-state index in [1.54, 1.807) is 0 Å². The van der Waals surface area contributed by atoms with E-state index in [-0.39, 0.29) is 17.9 Å². The molecule has 0 aliphatic heterocycles. The first-order chi connectivity index (χ1) is 8.15. The van der Waals surface area contributed by atoms with Crippen LogP contribution in [0.2, 0.25) is 4.34 Å². The quantitative estimate of drug-likeness (QED) is 0.888. The smallest absolute Gasteiger partial charge is 0.223 e. The predicted octanol–water partition coefficient (Wildman–Crippen LogP) is 2.54. The predicted molar refractivity (Wildman–Crippen MR) is 71.1 cm³/mol. The van der Waals surface area contributed by atoms with Crippen LogP contribution in [0.5, 0.6) is 0 Å². The number of hydrogen-bond acceptors (Lipinski definition) is 3. The molecule has 1 aromatic rings. The van der Waals surface area contributed by atoms with Crippen molar-refractivity contribution in [1.82, 2.24) is 5.32 Å². The summed E-state index contributed by atoms with van der Waals surface area (Å²) < 4.78 is 0.758. The molecule has 0 radical (unpaired) electrons. The van der Waals surface area contributed by atoms with Crippen LogP contribution in [0, 0.1) is 5.92 Å². The molecule has 0 spiro atoms. The third-order valence-corrected chi connectivity index (χ3v) is 4.38. The molecule has 17 heavy (non-hydrogen) atoms. The minimum absolute atomic E-state index is 0.0918. The minimum atomic E-state index is 0.0918. The van der Waals surface area contributed by atoms with Crippen molar-refractivity contribution >= 4 is 28.8 Å². The van der Waals surface area contributed by atoms with Crippen molar-refractivity contribution in [3.05, 3.63) is 21.3 Å². The van der Waals surface area contributed by atoms with Gasteiger partial charge in [-0.25, -0.2) is 0 Å². The van der Waals surface area contributed by atoms with Crippen molar-refractivity contribution < 1.29 is 4.79 Å². The number of rotatable bonds is 3. The van der Waals surface area contributed by atoms with Gasteiger partial charge in [0.1, 0.15) is 0 Å². The highest BCUT2D eigenvalue weighted by Gasteiger charge is 2.24. The summed E-state index contributed by atoms with van der Waals surface area (Å²) in [6.45, 7) is 0.571. The fourth-order valence-electron chi connectivity index (χ4n) is 2.23. The molecule has 1 amide bonds. The van der Waals surface area contributed by atoms with Gasteiger partial charge in [0, 0.05) is 16.8 Å². The molecule has 0 bridgehead atoms. The lowest BCUT2D eigenvalue weighted by atomic mass is 9.85. The van der Waals surface area contributed by atoms with Crippen molar-refractivity contribution in [2.24, 2.45) is 11.7 Å². The van der Waals surface area contributed by atoms with Crippen LogP contribution in [0.1, 0.15) is 30.6 Å². The Morgan fingerprint density at radius 2 is 2.35 bits per heavy atom. The van der Waals surface area contributed by atoms with Crippen LogP contribution in [-0.2, 0) is 11.3 Å². The van der Waals surface area contributed by atoms with Gasteiger partial charge in [-0.1, -0.05) is 18.0 Å². The fourth-order valence-corrected chi connectivity index (χ4v) is 3.26. The lowest BCUT2D eigenvalue weighted by Gasteiger charge is -2.25. The van der Waals surface area contributed by atoms with Crippen LogP contribution in [0.4, 0.5) is 0 Å². The third kappa shape index (κ3) is 3.69. The molecule has 2 unspecified atom stereocenters. The minimum Gasteiger partial charge on any atom is -0.351 e.